The summed E-state index contributed by atoms with van der Waals surface area (Å²) < 4.78 is 0. The minimum atomic E-state index is 0.584. The third kappa shape index (κ3) is 3.62. The minimum absolute atomic E-state index is 0.584. The molecule has 0 atom stereocenters. The highest BCUT2D eigenvalue weighted by atomic mass is 35.5. The van der Waals surface area contributed by atoms with E-state index < -0.39 is 0 Å². The van der Waals surface area contributed by atoms with Crippen LogP contribution in [0.15, 0.2) is 28.7 Å². The maximum atomic E-state index is 6.20. The molecule has 0 unspecified atom stereocenters. The first kappa shape index (κ1) is 15.8. The van der Waals surface area contributed by atoms with Crippen molar-refractivity contribution >= 4 is 45.4 Å². The number of hydrazone groups is 1. The second kappa shape index (κ2) is 6.99. The van der Waals surface area contributed by atoms with Crippen molar-refractivity contribution in [2.45, 2.75) is 6.92 Å². The van der Waals surface area contributed by atoms with Gasteiger partial charge in [-0.05, 0) is 50.8 Å². The van der Waals surface area contributed by atoms with Crippen LogP contribution in [0.25, 0.3) is 11.3 Å². The monoisotopic (exact) mass is 348 g/mol. The molecule has 1 aliphatic carbocycles. The quantitative estimate of drug-likeness (QED) is 0.600. The van der Waals surface area contributed by atoms with Crippen molar-refractivity contribution in [3.05, 3.63) is 65.2 Å². The van der Waals surface area contributed by atoms with E-state index >= 15 is 0 Å². The highest BCUT2D eigenvalue weighted by molar-refractivity contribution is 7.14. The van der Waals surface area contributed by atoms with E-state index in [9.17, 15) is 0 Å². The number of aromatic nitrogens is 1. The topological polar surface area (TPSA) is 37.3 Å². The lowest BCUT2D eigenvalue weighted by Crippen LogP contribution is -2.07. The first-order chi connectivity index (χ1) is 10.6. The maximum absolute atomic E-state index is 6.20. The third-order valence-electron chi connectivity index (χ3n) is 3.11. The SMILES string of the molecule is C/C(=N\Nc1nc(-c2ccc(Cl)cc2Cl)cs1)[C]1[CH][CH][CH][CH]1. The van der Waals surface area contributed by atoms with Crippen LogP contribution in [0, 0.1) is 31.6 Å². The van der Waals surface area contributed by atoms with Crippen molar-refractivity contribution in [3.63, 3.8) is 0 Å². The second-order valence-electron chi connectivity index (χ2n) is 4.64. The number of benzene rings is 1. The van der Waals surface area contributed by atoms with Crippen LogP contribution in [0.5, 0.6) is 0 Å². The molecular weight excluding hydrogens is 337 g/mol. The van der Waals surface area contributed by atoms with Gasteiger partial charge in [0.2, 0.25) is 5.13 Å². The summed E-state index contributed by atoms with van der Waals surface area (Å²) in [5.74, 6) is 1.09. The average Bonchev–Trinajstić information content (AvgIpc) is 3.16. The fourth-order valence-electron chi connectivity index (χ4n) is 1.96. The van der Waals surface area contributed by atoms with Crippen LogP contribution in [0.4, 0.5) is 5.13 Å². The molecule has 0 aliphatic heterocycles. The lowest BCUT2D eigenvalue weighted by molar-refractivity contribution is 1.25. The van der Waals surface area contributed by atoms with E-state index in [1.807, 2.05) is 44.1 Å². The number of halogens is 2. The van der Waals surface area contributed by atoms with Gasteiger partial charge in [0.05, 0.1) is 10.7 Å². The molecule has 1 aromatic carbocycles. The Morgan fingerprint density at radius 1 is 1.23 bits per heavy atom. The van der Waals surface area contributed by atoms with Gasteiger partial charge < -0.3 is 0 Å². The van der Waals surface area contributed by atoms with Crippen LogP contribution in [0.2, 0.25) is 10.0 Å². The molecule has 22 heavy (non-hydrogen) atoms. The number of hydrogen-bond acceptors (Lipinski definition) is 4. The predicted octanol–water partition coefficient (Wildman–Crippen LogP) is 5.31. The van der Waals surface area contributed by atoms with Gasteiger partial charge in [0.1, 0.15) is 0 Å². The van der Waals surface area contributed by atoms with E-state index in [1.54, 1.807) is 12.1 Å². The van der Waals surface area contributed by atoms with Gasteiger partial charge in [-0.2, -0.15) is 5.10 Å². The Morgan fingerprint density at radius 3 is 2.73 bits per heavy atom. The normalized spacial score (nSPS) is 16.2. The number of nitrogens with zero attached hydrogens (tertiary/aromatic N) is 2. The zero-order valence-corrected chi connectivity index (χ0v) is 14.0. The molecule has 0 bridgehead atoms. The molecule has 1 aromatic heterocycles. The molecular formula is C16H12Cl2N3S. The van der Waals surface area contributed by atoms with Crippen molar-refractivity contribution in [3.8, 4) is 11.3 Å². The Balaban J connectivity index is 1.72. The maximum Gasteiger partial charge on any atom is 0.203 e. The summed E-state index contributed by atoms with van der Waals surface area (Å²) in [5, 5.41) is 8.18. The number of hydrogen-bond donors (Lipinski definition) is 1. The predicted molar refractivity (Wildman–Crippen MR) is 94.7 cm³/mol. The highest BCUT2D eigenvalue weighted by Crippen LogP contribution is 2.32. The van der Waals surface area contributed by atoms with Gasteiger partial charge in [0.15, 0.2) is 0 Å². The molecule has 5 radical (unpaired) electrons. The molecule has 2 aromatic rings. The van der Waals surface area contributed by atoms with Crippen LogP contribution in [0.3, 0.4) is 0 Å². The van der Waals surface area contributed by atoms with Crippen LogP contribution < -0.4 is 5.43 Å². The van der Waals surface area contributed by atoms with Gasteiger partial charge in [-0.1, -0.05) is 23.2 Å². The molecule has 111 valence electrons. The number of rotatable bonds is 4. The smallest absolute Gasteiger partial charge is 0.203 e. The first-order valence-corrected chi connectivity index (χ1v) is 8.20. The van der Waals surface area contributed by atoms with Crippen LogP contribution >= 0.6 is 34.5 Å². The van der Waals surface area contributed by atoms with Crippen molar-refractivity contribution in [2.24, 2.45) is 5.10 Å². The van der Waals surface area contributed by atoms with Gasteiger partial charge in [-0.3, -0.25) is 5.43 Å². The van der Waals surface area contributed by atoms with E-state index in [0.717, 1.165) is 22.9 Å². The lowest BCUT2D eigenvalue weighted by atomic mass is 10.0. The number of anilines is 1. The zero-order chi connectivity index (χ0) is 15.5. The van der Waals surface area contributed by atoms with Crippen molar-refractivity contribution < 1.29 is 0 Å². The Morgan fingerprint density at radius 2 is 2.00 bits per heavy atom. The van der Waals surface area contributed by atoms with Crippen molar-refractivity contribution in [2.75, 3.05) is 5.43 Å². The number of thiazole rings is 1. The Labute approximate surface area is 144 Å². The summed E-state index contributed by atoms with van der Waals surface area (Å²) in [6.45, 7) is 1.95. The Kier molecular flexibility index (Phi) is 5.01. The third-order valence-corrected chi connectivity index (χ3v) is 4.41. The van der Waals surface area contributed by atoms with Gasteiger partial charge in [0.25, 0.3) is 0 Å². The molecule has 1 aliphatic rings. The first-order valence-electron chi connectivity index (χ1n) is 6.57. The molecule has 0 amide bonds. The Hall–Kier alpha value is -1.10. The van der Waals surface area contributed by atoms with Gasteiger partial charge >= 0.3 is 0 Å². The summed E-state index contributed by atoms with van der Waals surface area (Å²) in [5.41, 5.74) is 5.54. The van der Waals surface area contributed by atoms with Crippen LogP contribution in [-0.4, -0.2) is 10.7 Å². The van der Waals surface area contributed by atoms with E-state index in [-0.39, 0.29) is 0 Å². The molecule has 3 rings (SSSR count). The van der Waals surface area contributed by atoms with E-state index in [0.29, 0.717) is 15.2 Å². The summed E-state index contributed by atoms with van der Waals surface area (Å²) in [6, 6.07) is 5.37. The minimum Gasteiger partial charge on any atom is -0.253 e. The molecule has 0 spiro atoms. The summed E-state index contributed by atoms with van der Waals surface area (Å²) in [6.07, 6.45) is 8.00. The van der Waals surface area contributed by atoms with Crippen LogP contribution in [-0.2, 0) is 0 Å². The zero-order valence-electron chi connectivity index (χ0n) is 11.7. The number of nitrogens with one attached hydrogen (secondary N) is 1. The van der Waals surface area contributed by atoms with Crippen molar-refractivity contribution in [1.82, 2.24) is 4.98 Å². The fourth-order valence-corrected chi connectivity index (χ4v) is 3.12. The molecule has 0 saturated heterocycles. The van der Waals surface area contributed by atoms with E-state index in [1.165, 1.54) is 11.3 Å². The van der Waals surface area contributed by atoms with Crippen molar-refractivity contribution in [1.29, 1.82) is 0 Å². The Bertz CT molecular complexity index is 690. The van der Waals surface area contributed by atoms with E-state index in [2.05, 4.69) is 15.5 Å². The molecule has 1 fully saturated rings. The standard InChI is InChI=1S/C16H12Cl2N3S/c1-10(11-4-2-3-5-11)20-21-16-19-15(9-22-16)13-7-6-12(17)8-14(13)18/h2-9H,1H3,(H,19,21)/b20-10+. The average molecular weight is 349 g/mol. The van der Waals surface area contributed by atoms with Gasteiger partial charge in [0, 0.05) is 27.6 Å². The second-order valence-corrected chi connectivity index (χ2v) is 6.35. The fraction of sp³-hybridized carbons (Fsp3) is 0.0625. The molecule has 1 heterocycles. The summed E-state index contributed by atoms with van der Waals surface area (Å²) >= 11 is 13.6. The summed E-state index contributed by atoms with van der Waals surface area (Å²) in [7, 11) is 0. The van der Waals surface area contributed by atoms with E-state index in [4.69, 9.17) is 23.2 Å². The van der Waals surface area contributed by atoms with Crippen LogP contribution in [0.1, 0.15) is 6.92 Å². The summed E-state index contributed by atoms with van der Waals surface area (Å²) in [4.78, 5) is 4.50. The molecule has 1 N–H and O–H groups in total. The molecule has 1 saturated carbocycles. The highest BCUT2D eigenvalue weighted by Gasteiger charge is 2.19. The van der Waals surface area contributed by atoms with Gasteiger partial charge in [-0.15, -0.1) is 11.3 Å². The lowest BCUT2D eigenvalue weighted by Gasteiger charge is -2.06. The van der Waals surface area contributed by atoms with Gasteiger partial charge in [-0.25, -0.2) is 4.98 Å². The molecule has 6 heteroatoms. The molecule has 3 nitrogen and oxygen atoms in total. The largest absolute Gasteiger partial charge is 0.253 e.